The summed E-state index contributed by atoms with van der Waals surface area (Å²) < 4.78 is 5.55. The molecule has 0 bridgehead atoms. The SMILES string of the molecule is CCCN1CCN(c2nc(CNCC)co2)CC1. The summed E-state index contributed by atoms with van der Waals surface area (Å²) in [4.78, 5) is 9.26. The first kappa shape index (κ1) is 13.4. The highest BCUT2D eigenvalue weighted by atomic mass is 16.4. The largest absolute Gasteiger partial charge is 0.432 e. The molecule has 18 heavy (non-hydrogen) atoms. The van der Waals surface area contributed by atoms with Gasteiger partial charge in [-0.25, -0.2) is 0 Å². The van der Waals surface area contributed by atoms with Crippen molar-refractivity contribution < 1.29 is 4.42 Å². The second-order valence-electron chi connectivity index (χ2n) is 4.73. The number of rotatable bonds is 6. The summed E-state index contributed by atoms with van der Waals surface area (Å²) in [5, 5.41) is 3.26. The predicted molar refractivity (Wildman–Crippen MR) is 72.8 cm³/mol. The topological polar surface area (TPSA) is 44.5 Å². The second-order valence-corrected chi connectivity index (χ2v) is 4.73. The van der Waals surface area contributed by atoms with Gasteiger partial charge in [-0.2, -0.15) is 4.98 Å². The standard InChI is InChI=1S/C13H24N4O/c1-3-5-16-6-8-17(9-7-16)13-15-12(11-18-13)10-14-4-2/h11,14H,3-10H2,1-2H3. The van der Waals surface area contributed by atoms with Crippen molar-refractivity contribution in [1.82, 2.24) is 15.2 Å². The number of nitrogens with zero attached hydrogens (tertiary/aromatic N) is 3. The summed E-state index contributed by atoms with van der Waals surface area (Å²) in [6.07, 6.45) is 2.99. The Hall–Kier alpha value is -1.07. The summed E-state index contributed by atoms with van der Waals surface area (Å²) in [5.41, 5.74) is 0.989. The Kier molecular flexibility index (Phi) is 5.01. The van der Waals surface area contributed by atoms with E-state index >= 15 is 0 Å². The molecule has 5 nitrogen and oxygen atoms in total. The van der Waals surface area contributed by atoms with Gasteiger partial charge in [0.05, 0.1) is 5.69 Å². The Morgan fingerprint density at radius 2 is 2.06 bits per heavy atom. The van der Waals surface area contributed by atoms with Crippen LogP contribution in [0.15, 0.2) is 10.7 Å². The van der Waals surface area contributed by atoms with Crippen molar-refractivity contribution in [1.29, 1.82) is 0 Å². The van der Waals surface area contributed by atoms with E-state index in [1.54, 1.807) is 6.26 Å². The Morgan fingerprint density at radius 3 is 2.72 bits per heavy atom. The lowest BCUT2D eigenvalue weighted by molar-refractivity contribution is 0.253. The molecule has 5 heteroatoms. The maximum Gasteiger partial charge on any atom is 0.297 e. The van der Waals surface area contributed by atoms with Crippen LogP contribution in [0.1, 0.15) is 26.0 Å². The third-order valence-electron chi connectivity index (χ3n) is 3.28. The quantitative estimate of drug-likeness (QED) is 0.827. The maximum atomic E-state index is 5.55. The molecular formula is C13H24N4O. The molecule has 2 heterocycles. The highest BCUT2D eigenvalue weighted by molar-refractivity contribution is 5.27. The van der Waals surface area contributed by atoms with Crippen LogP contribution in [0.2, 0.25) is 0 Å². The van der Waals surface area contributed by atoms with Gasteiger partial charge < -0.3 is 14.6 Å². The number of hydrogen-bond donors (Lipinski definition) is 1. The van der Waals surface area contributed by atoms with E-state index in [-0.39, 0.29) is 0 Å². The van der Waals surface area contributed by atoms with Gasteiger partial charge in [0.1, 0.15) is 6.26 Å². The zero-order chi connectivity index (χ0) is 12.8. The van der Waals surface area contributed by atoms with E-state index in [0.29, 0.717) is 0 Å². The smallest absolute Gasteiger partial charge is 0.297 e. The summed E-state index contributed by atoms with van der Waals surface area (Å²) in [7, 11) is 0. The van der Waals surface area contributed by atoms with Crippen molar-refractivity contribution in [2.75, 3.05) is 44.2 Å². The Labute approximate surface area is 109 Å². The van der Waals surface area contributed by atoms with Crippen LogP contribution in [0.5, 0.6) is 0 Å². The van der Waals surface area contributed by atoms with E-state index in [1.807, 2.05) is 0 Å². The third kappa shape index (κ3) is 3.46. The molecule has 0 amide bonds. The van der Waals surface area contributed by atoms with Gasteiger partial charge in [0.25, 0.3) is 6.01 Å². The zero-order valence-corrected chi connectivity index (χ0v) is 11.5. The Morgan fingerprint density at radius 1 is 1.28 bits per heavy atom. The first-order valence-corrected chi connectivity index (χ1v) is 6.96. The third-order valence-corrected chi connectivity index (χ3v) is 3.28. The average molecular weight is 252 g/mol. The first-order valence-electron chi connectivity index (χ1n) is 6.96. The van der Waals surface area contributed by atoms with Gasteiger partial charge in [-0.1, -0.05) is 13.8 Å². The molecule has 1 fully saturated rings. The minimum absolute atomic E-state index is 0.777. The first-order chi connectivity index (χ1) is 8.83. The van der Waals surface area contributed by atoms with Crippen molar-refractivity contribution in [2.24, 2.45) is 0 Å². The van der Waals surface area contributed by atoms with Crippen LogP contribution in [-0.2, 0) is 6.54 Å². The van der Waals surface area contributed by atoms with Crippen molar-refractivity contribution in [3.63, 3.8) is 0 Å². The number of anilines is 1. The van der Waals surface area contributed by atoms with Crippen LogP contribution in [-0.4, -0.2) is 49.2 Å². The number of piperazine rings is 1. The molecule has 0 spiro atoms. The summed E-state index contributed by atoms with van der Waals surface area (Å²) in [6.45, 7) is 11.5. The van der Waals surface area contributed by atoms with Crippen molar-refractivity contribution in [3.05, 3.63) is 12.0 Å². The van der Waals surface area contributed by atoms with E-state index in [4.69, 9.17) is 4.42 Å². The van der Waals surface area contributed by atoms with Gasteiger partial charge in [-0.3, -0.25) is 4.90 Å². The molecule has 0 atom stereocenters. The molecule has 1 N–H and O–H groups in total. The van der Waals surface area contributed by atoms with Gasteiger partial charge in [-0.05, 0) is 19.5 Å². The van der Waals surface area contributed by atoms with Gasteiger partial charge in [-0.15, -0.1) is 0 Å². The summed E-state index contributed by atoms with van der Waals surface area (Å²) in [6, 6.07) is 0.777. The van der Waals surface area contributed by atoms with Crippen molar-refractivity contribution >= 4 is 6.01 Å². The minimum Gasteiger partial charge on any atom is -0.432 e. The van der Waals surface area contributed by atoms with Gasteiger partial charge >= 0.3 is 0 Å². The van der Waals surface area contributed by atoms with E-state index in [0.717, 1.165) is 51.0 Å². The predicted octanol–water partition coefficient (Wildman–Crippen LogP) is 1.32. The van der Waals surface area contributed by atoms with Gasteiger partial charge in [0.15, 0.2) is 0 Å². The lowest BCUT2D eigenvalue weighted by Gasteiger charge is -2.33. The molecule has 0 saturated carbocycles. The molecule has 1 aliphatic rings. The summed E-state index contributed by atoms with van der Waals surface area (Å²) >= 11 is 0. The summed E-state index contributed by atoms with van der Waals surface area (Å²) in [5.74, 6) is 0. The van der Waals surface area contributed by atoms with E-state index in [2.05, 4.69) is 33.9 Å². The van der Waals surface area contributed by atoms with Crippen LogP contribution in [0.3, 0.4) is 0 Å². The highest BCUT2D eigenvalue weighted by Gasteiger charge is 2.19. The normalized spacial score (nSPS) is 17.3. The van der Waals surface area contributed by atoms with Gasteiger partial charge in [0, 0.05) is 32.7 Å². The number of aromatic nitrogens is 1. The number of oxazole rings is 1. The van der Waals surface area contributed by atoms with E-state index < -0.39 is 0 Å². The van der Waals surface area contributed by atoms with Crippen LogP contribution < -0.4 is 10.2 Å². The van der Waals surface area contributed by atoms with Crippen molar-refractivity contribution in [3.8, 4) is 0 Å². The second kappa shape index (κ2) is 6.75. The Bertz CT molecular complexity index is 345. The number of hydrogen-bond acceptors (Lipinski definition) is 5. The molecule has 102 valence electrons. The van der Waals surface area contributed by atoms with E-state index in [9.17, 15) is 0 Å². The maximum absolute atomic E-state index is 5.55. The minimum atomic E-state index is 0.777. The van der Waals surface area contributed by atoms with E-state index in [1.165, 1.54) is 13.0 Å². The molecule has 0 unspecified atom stereocenters. The van der Waals surface area contributed by atoms with Gasteiger partial charge in [0.2, 0.25) is 0 Å². The molecule has 0 aromatic carbocycles. The molecule has 1 aromatic rings. The molecular weight excluding hydrogens is 228 g/mol. The van der Waals surface area contributed by atoms with Crippen molar-refractivity contribution in [2.45, 2.75) is 26.8 Å². The molecule has 1 aromatic heterocycles. The average Bonchev–Trinajstić information content (AvgIpc) is 2.86. The molecule has 0 aliphatic carbocycles. The lowest BCUT2D eigenvalue weighted by Crippen LogP contribution is -2.46. The lowest BCUT2D eigenvalue weighted by atomic mass is 10.3. The fourth-order valence-electron chi connectivity index (χ4n) is 2.25. The van der Waals surface area contributed by atoms with Crippen LogP contribution in [0, 0.1) is 0 Å². The fraction of sp³-hybridized carbons (Fsp3) is 0.769. The molecule has 2 rings (SSSR count). The fourth-order valence-corrected chi connectivity index (χ4v) is 2.25. The molecule has 0 radical (unpaired) electrons. The highest BCUT2D eigenvalue weighted by Crippen LogP contribution is 2.15. The van der Waals surface area contributed by atoms with Crippen LogP contribution in [0.25, 0.3) is 0 Å². The number of nitrogens with one attached hydrogen (secondary N) is 1. The molecule has 1 aliphatic heterocycles. The Balaban J connectivity index is 1.83. The van der Waals surface area contributed by atoms with Crippen LogP contribution >= 0.6 is 0 Å². The van der Waals surface area contributed by atoms with Crippen LogP contribution in [0.4, 0.5) is 6.01 Å². The zero-order valence-electron chi connectivity index (χ0n) is 11.5. The molecule has 1 saturated heterocycles. The monoisotopic (exact) mass is 252 g/mol.